The van der Waals surface area contributed by atoms with E-state index < -0.39 is 0 Å². The number of fused-ring (bicyclic) bond motifs is 1. The Hall–Kier alpha value is -0.940. The summed E-state index contributed by atoms with van der Waals surface area (Å²) in [5.41, 5.74) is 0.141. The molecule has 1 aromatic heterocycles. The molecule has 0 bridgehead atoms. The fourth-order valence-corrected chi connectivity index (χ4v) is 2.71. The number of nitrogens with zero attached hydrogens (tertiary/aromatic N) is 1. The smallest absolute Gasteiger partial charge is 0.258 e. The van der Waals surface area contributed by atoms with Gasteiger partial charge in [0.25, 0.3) is 5.69 Å². The number of hydrogen-bond acceptors (Lipinski definition) is 3. The molecule has 0 fully saturated rings. The van der Waals surface area contributed by atoms with Crippen molar-refractivity contribution >= 4 is 43.0 Å². The first-order valence-electron chi connectivity index (χ1n) is 3.49. The molecule has 2 rings (SSSR count). The monoisotopic (exact) mass is 257 g/mol. The number of thiophene rings is 1. The lowest BCUT2D eigenvalue weighted by Gasteiger charge is -1.91. The second kappa shape index (κ2) is 3.08. The van der Waals surface area contributed by atoms with Gasteiger partial charge in [0.05, 0.1) is 4.92 Å². The normalized spacial score (nSPS) is 10.5. The molecular formula is C8H4BrNO2S. The number of halogens is 1. The van der Waals surface area contributed by atoms with Crippen molar-refractivity contribution in [1.29, 1.82) is 0 Å². The van der Waals surface area contributed by atoms with E-state index in [1.807, 2.05) is 5.38 Å². The van der Waals surface area contributed by atoms with Crippen LogP contribution in [0.15, 0.2) is 28.1 Å². The largest absolute Gasteiger partial charge is 0.270 e. The van der Waals surface area contributed by atoms with Crippen LogP contribution in [0.2, 0.25) is 0 Å². The van der Waals surface area contributed by atoms with Gasteiger partial charge in [-0.15, -0.1) is 11.3 Å². The molecule has 0 saturated heterocycles. The highest BCUT2D eigenvalue weighted by atomic mass is 79.9. The Morgan fingerprint density at radius 1 is 1.46 bits per heavy atom. The van der Waals surface area contributed by atoms with E-state index in [4.69, 9.17) is 0 Å². The van der Waals surface area contributed by atoms with E-state index in [1.54, 1.807) is 12.1 Å². The Morgan fingerprint density at radius 2 is 2.23 bits per heavy atom. The molecule has 0 amide bonds. The molecule has 0 aliphatic carbocycles. The van der Waals surface area contributed by atoms with Gasteiger partial charge in [0.1, 0.15) is 0 Å². The second-order valence-electron chi connectivity index (χ2n) is 2.52. The Kier molecular flexibility index (Phi) is 2.05. The third kappa shape index (κ3) is 1.45. The molecule has 3 nitrogen and oxygen atoms in total. The number of non-ortho nitro benzene ring substituents is 1. The van der Waals surface area contributed by atoms with Crippen molar-refractivity contribution in [2.24, 2.45) is 0 Å². The molecule has 0 aliphatic heterocycles. The predicted octanol–water partition coefficient (Wildman–Crippen LogP) is 3.57. The molecule has 1 heterocycles. The number of rotatable bonds is 1. The average molecular weight is 258 g/mol. The van der Waals surface area contributed by atoms with Gasteiger partial charge in [-0.1, -0.05) is 0 Å². The van der Waals surface area contributed by atoms with Crippen molar-refractivity contribution in [3.05, 3.63) is 38.2 Å². The minimum Gasteiger partial charge on any atom is -0.258 e. The maximum atomic E-state index is 10.4. The summed E-state index contributed by atoms with van der Waals surface area (Å²) in [6.45, 7) is 0. The van der Waals surface area contributed by atoms with Crippen LogP contribution in [-0.4, -0.2) is 4.92 Å². The Morgan fingerprint density at radius 3 is 2.92 bits per heavy atom. The SMILES string of the molecule is O=[N+]([O-])c1ccc2c(Br)csc2c1. The molecule has 1 aromatic carbocycles. The minimum absolute atomic E-state index is 0.141. The second-order valence-corrected chi connectivity index (χ2v) is 4.29. The fraction of sp³-hybridized carbons (Fsp3) is 0. The molecule has 13 heavy (non-hydrogen) atoms. The van der Waals surface area contributed by atoms with E-state index in [0.717, 1.165) is 14.6 Å². The highest BCUT2D eigenvalue weighted by molar-refractivity contribution is 9.10. The fourth-order valence-electron chi connectivity index (χ4n) is 1.10. The summed E-state index contributed by atoms with van der Waals surface area (Å²) >= 11 is 4.86. The van der Waals surface area contributed by atoms with E-state index in [2.05, 4.69) is 15.9 Å². The number of benzene rings is 1. The summed E-state index contributed by atoms with van der Waals surface area (Å²) < 4.78 is 1.92. The summed E-state index contributed by atoms with van der Waals surface area (Å²) in [7, 11) is 0. The molecule has 0 radical (unpaired) electrons. The zero-order valence-electron chi connectivity index (χ0n) is 6.36. The van der Waals surface area contributed by atoms with Crippen molar-refractivity contribution in [2.45, 2.75) is 0 Å². The molecule has 66 valence electrons. The van der Waals surface area contributed by atoms with Gasteiger partial charge >= 0.3 is 0 Å². The summed E-state index contributed by atoms with van der Waals surface area (Å²) in [6, 6.07) is 4.86. The van der Waals surface area contributed by atoms with Crippen molar-refractivity contribution in [2.75, 3.05) is 0 Å². The Balaban J connectivity index is 2.70. The van der Waals surface area contributed by atoms with Crippen molar-refractivity contribution in [3.63, 3.8) is 0 Å². The van der Waals surface area contributed by atoms with E-state index in [1.165, 1.54) is 17.4 Å². The zero-order chi connectivity index (χ0) is 9.42. The highest BCUT2D eigenvalue weighted by Crippen LogP contribution is 2.32. The van der Waals surface area contributed by atoms with E-state index >= 15 is 0 Å². The van der Waals surface area contributed by atoms with Crippen LogP contribution >= 0.6 is 27.3 Å². The van der Waals surface area contributed by atoms with E-state index in [9.17, 15) is 10.1 Å². The predicted molar refractivity (Wildman–Crippen MR) is 56.2 cm³/mol. The van der Waals surface area contributed by atoms with Crippen LogP contribution in [0.5, 0.6) is 0 Å². The topological polar surface area (TPSA) is 43.1 Å². The Labute approximate surface area is 86.3 Å². The number of nitro groups is 1. The quantitative estimate of drug-likeness (QED) is 0.579. The standard InChI is InChI=1S/C8H4BrNO2S/c9-7-4-13-8-3-5(10(11)12)1-2-6(7)8/h1-4H. The zero-order valence-corrected chi connectivity index (χ0v) is 8.76. The average Bonchev–Trinajstić information content (AvgIpc) is 2.47. The van der Waals surface area contributed by atoms with Crippen molar-refractivity contribution < 1.29 is 4.92 Å². The van der Waals surface area contributed by atoms with Gasteiger partial charge in [0.2, 0.25) is 0 Å². The maximum absolute atomic E-state index is 10.4. The van der Waals surface area contributed by atoms with Gasteiger partial charge in [-0.3, -0.25) is 10.1 Å². The minimum atomic E-state index is -0.382. The molecule has 0 spiro atoms. The summed E-state index contributed by atoms with van der Waals surface area (Å²) in [6.07, 6.45) is 0. The summed E-state index contributed by atoms with van der Waals surface area (Å²) in [5, 5.41) is 13.4. The molecule has 5 heteroatoms. The van der Waals surface area contributed by atoms with Crippen LogP contribution in [0.3, 0.4) is 0 Å². The van der Waals surface area contributed by atoms with Crippen molar-refractivity contribution in [1.82, 2.24) is 0 Å². The van der Waals surface area contributed by atoms with Crippen molar-refractivity contribution in [3.8, 4) is 0 Å². The van der Waals surface area contributed by atoms with Gasteiger partial charge in [-0.25, -0.2) is 0 Å². The van der Waals surface area contributed by atoms with Crippen LogP contribution in [0.4, 0.5) is 5.69 Å². The lowest BCUT2D eigenvalue weighted by molar-refractivity contribution is -0.384. The summed E-state index contributed by atoms with van der Waals surface area (Å²) in [4.78, 5) is 10.1. The highest BCUT2D eigenvalue weighted by Gasteiger charge is 2.08. The van der Waals surface area contributed by atoms with Crippen LogP contribution in [0, 0.1) is 10.1 Å². The van der Waals surface area contributed by atoms with Crippen LogP contribution < -0.4 is 0 Å². The van der Waals surface area contributed by atoms with Gasteiger partial charge in [-0.2, -0.15) is 0 Å². The van der Waals surface area contributed by atoms with Crippen LogP contribution in [-0.2, 0) is 0 Å². The Bertz CT molecular complexity index is 480. The molecule has 0 unspecified atom stereocenters. The maximum Gasteiger partial charge on any atom is 0.270 e. The number of hydrogen-bond donors (Lipinski definition) is 0. The first kappa shape index (κ1) is 8.65. The third-order valence-corrected chi connectivity index (χ3v) is 3.63. The molecule has 2 aromatic rings. The number of nitro benzene ring substituents is 1. The van der Waals surface area contributed by atoms with Crippen LogP contribution in [0.1, 0.15) is 0 Å². The van der Waals surface area contributed by atoms with Crippen LogP contribution in [0.25, 0.3) is 10.1 Å². The van der Waals surface area contributed by atoms with Gasteiger partial charge in [-0.05, 0) is 22.0 Å². The first-order valence-corrected chi connectivity index (χ1v) is 5.17. The molecular weight excluding hydrogens is 254 g/mol. The van der Waals surface area contributed by atoms with Gasteiger partial charge < -0.3 is 0 Å². The molecule has 0 aliphatic rings. The molecule has 0 atom stereocenters. The molecule has 0 saturated carbocycles. The van der Waals surface area contributed by atoms with E-state index in [0.29, 0.717) is 0 Å². The van der Waals surface area contributed by atoms with Gasteiger partial charge in [0, 0.05) is 32.1 Å². The van der Waals surface area contributed by atoms with E-state index in [-0.39, 0.29) is 10.6 Å². The summed E-state index contributed by atoms with van der Waals surface area (Å²) in [5.74, 6) is 0. The lowest BCUT2D eigenvalue weighted by atomic mass is 10.2. The van der Waals surface area contributed by atoms with Gasteiger partial charge in [0.15, 0.2) is 0 Å². The lowest BCUT2D eigenvalue weighted by Crippen LogP contribution is -1.85. The first-order chi connectivity index (χ1) is 6.18. The third-order valence-electron chi connectivity index (χ3n) is 1.72. The molecule has 0 N–H and O–H groups in total.